The summed E-state index contributed by atoms with van der Waals surface area (Å²) in [5.41, 5.74) is 1.52. The average molecular weight is 366 g/mol. The maximum Gasteiger partial charge on any atom is 0.282 e. The molecule has 2 aromatic rings. The van der Waals surface area contributed by atoms with E-state index in [1.165, 1.54) is 18.2 Å². The molecule has 4 nitrogen and oxygen atoms in total. The second-order valence-corrected chi connectivity index (χ2v) is 6.34. The molecule has 0 bridgehead atoms. The summed E-state index contributed by atoms with van der Waals surface area (Å²) in [6.45, 7) is 5.11. The van der Waals surface area contributed by atoms with Gasteiger partial charge in [-0.15, -0.1) is 0 Å². The summed E-state index contributed by atoms with van der Waals surface area (Å²) in [6, 6.07) is 11.5. The number of hydrogen-bond acceptors (Lipinski definition) is 2. The van der Waals surface area contributed by atoms with Crippen LogP contribution in [0.15, 0.2) is 42.5 Å². The van der Waals surface area contributed by atoms with Crippen LogP contribution in [0.2, 0.25) is 5.02 Å². The number of carbonyl (C=O) groups is 1. The van der Waals surface area contributed by atoms with Crippen molar-refractivity contribution in [2.75, 3.05) is 19.0 Å². The molecule has 0 aliphatic rings. The highest BCUT2D eigenvalue weighted by molar-refractivity contribution is 6.33. The zero-order valence-corrected chi connectivity index (χ0v) is 15.4. The molecule has 25 heavy (non-hydrogen) atoms. The van der Waals surface area contributed by atoms with Crippen molar-refractivity contribution in [1.82, 2.24) is 0 Å². The first-order chi connectivity index (χ1) is 11.9. The standard InChI is InChI=1S/C19H22ClFN2O2/c1-4-25-16-8-5-14(6-9-16)12-23(3)13(2)19(24)22-18-10-7-15(21)11-17(18)20/h5-11,13H,4,12H2,1-3H3,(H,22,24)/p+1/t13-/m1/s1. The monoisotopic (exact) mass is 365 g/mol. The molecule has 2 rings (SSSR count). The number of carbonyl (C=O) groups excluding carboxylic acids is 1. The summed E-state index contributed by atoms with van der Waals surface area (Å²) < 4.78 is 18.5. The van der Waals surface area contributed by atoms with Crippen molar-refractivity contribution >= 4 is 23.2 Å². The lowest BCUT2D eigenvalue weighted by Crippen LogP contribution is -3.12. The lowest BCUT2D eigenvalue weighted by molar-refractivity contribution is -0.907. The second-order valence-electron chi connectivity index (χ2n) is 5.94. The van der Waals surface area contributed by atoms with Gasteiger partial charge in [0.1, 0.15) is 18.1 Å². The Balaban J connectivity index is 1.96. The third-order valence-corrected chi connectivity index (χ3v) is 4.35. The summed E-state index contributed by atoms with van der Waals surface area (Å²) in [7, 11) is 1.95. The molecule has 0 saturated carbocycles. The fraction of sp³-hybridized carbons (Fsp3) is 0.316. The molecule has 0 spiro atoms. The molecule has 2 aromatic carbocycles. The normalized spacial score (nSPS) is 13.2. The third kappa shape index (κ3) is 5.44. The van der Waals surface area contributed by atoms with E-state index in [9.17, 15) is 9.18 Å². The smallest absolute Gasteiger partial charge is 0.282 e. The van der Waals surface area contributed by atoms with E-state index in [1.54, 1.807) is 0 Å². The molecule has 0 radical (unpaired) electrons. The van der Waals surface area contributed by atoms with Gasteiger partial charge in [-0.05, 0) is 56.3 Å². The highest BCUT2D eigenvalue weighted by Crippen LogP contribution is 2.22. The van der Waals surface area contributed by atoms with E-state index in [4.69, 9.17) is 16.3 Å². The number of halogens is 2. The Morgan fingerprint density at radius 2 is 1.96 bits per heavy atom. The molecule has 0 saturated heterocycles. The lowest BCUT2D eigenvalue weighted by atomic mass is 10.1. The largest absolute Gasteiger partial charge is 0.494 e. The predicted octanol–water partition coefficient (Wildman–Crippen LogP) is 2.92. The predicted molar refractivity (Wildman–Crippen MR) is 97.7 cm³/mol. The van der Waals surface area contributed by atoms with Crippen molar-refractivity contribution in [3.8, 4) is 5.75 Å². The van der Waals surface area contributed by atoms with Gasteiger partial charge in [0.2, 0.25) is 0 Å². The molecule has 134 valence electrons. The number of ether oxygens (including phenoxy) is 1. The van der Waals surface area contributed by atoms with Crippen LogP contribution < -0.4 is 15.0 Å². The van der Waals surface area contributed by atoms with Crippen LogP contribution in [0.1, 0.15) is 19.4 Å². The Hall–Kier alpha value is -2.11. The van der Waals surface area contributed by atoms with Crippen molar-refractivity contribution < 1.29 is 18.8 Å². The number of amides is 1. The van der Waals surface area contributed by atoms with Gasteiger partial charge in [0.25, 0.3) is 5.91 Å². The quantitative estimate of drug-likeness (QED) is 0.792. The van der Waals surface area contributed by atoms with E-state index in [1.807, 2.05) is 45.2 Å². The Kier molecular flexibility index (Phi) is 6.79. The first-order valence-corrected chi connectivity index (χ1v) is 8.58. The molecule has 1 unspecified atom stereocenters. The molecule has 2 atom stereocenters. The van der Waals surface area contributed by atoms with Gasteiger partial charge in [-0.1, -0.05) is 11.6 Å². The van der Waals surface area contributed by atoms with Crippen molar-refractivity contribution in [2.45, 2.75) is 26.4 Å². The summed E-state index contributed by atoms with van der Waals surface area (Å²) in [5, 5.41) is 2.94. The minimum atomic E-state index is -0.436. The number of quaternary nitrogens is 1. The van der Waals surface area contributed by atoms with Crippen molar-refractivity contribution in [1.29, 1.82) is 0 Å². The molecule has 0 heterocycles. The minimum absolute atomic E-state index is 0.169. The maximum absolute atomic E-state index is 13.1. The molecule has 6 heteroatoms. The van der Waals surface area contributed by atoms with E-state index in [0.717, 1.165) is 16.2 Å². The first kappa shape index (κ1) is 19.2. The lowest BCUT2D eigenvalue weighted by Gasteiger charge is -2.21. The number of nitrogens with one attached hydrogen (secondary N) is 2. The number of hydrogen-bond donors (Lipinski definition) is 2. The van der Waals surface area contributed by atoms with Crippen LogP contribution in [-0.2, 0) is 11.3 Å². The number of benzene rings is 2. The van der Waals surface area contributed by atoms with Gasteiger partial charge in [0, 0.05) is 5.56 Å². The molecule has 0 fully saturated rings. The average Bonchev–Trinajstić information content (AvgIpc) is 2.58. The molecular formula is C19H23ClFN2O2+. The second kappa shape index (κ2) is 8.83. The van der Waals surface area contributed by atoms with Crippen LogP contribution in [0, 0.1) is 5.82 Å². The highest BCUT2D eigenvalue weighted by atomic mass is 35.5. The summed E-state index contributed by atoms with van der Waals surface area (Å²) >= 11 is 5.95. The van der Waals surface area contributed by atoms with Crippen LogP contribution in [0.4, 0.5) is 10.1 Å². The van der Waals surface area contributed by atoms with Crippen LogP contribution in [0.5, 0.6) is 5.75 Å². The number of anilines is 1. The Morgan fingerprint density at radius 3 is 2.56 bits per heavy atom. The van der Waals surface area contributed by atoms with Crippen molar-refractivity contribution in [3.05, 3.63) is 58.9 Å². The highest BCUT2D eigenvalue weighted by Gasteiger charge is 2.22. The number of likely N-dealkylation sites (N-methyl/N-ethyl adjacent to an activating group) is 1. The molecule has 2 N–H and O–H groups in total. The zero-order valence-electron chi connectivity index (χ0n) is 14.6. The zero-order chi connectivity index (χ0) is 18.4. The Bertz CT molecular complexity index is 722. The molecule has 0 aliphatic heterocycles. The van der Waals surface area contributed by atoms with E-state index < -0.39 is 5.82 Å². The summed E-state index contributed by atoms with van der Waals surface area (Å²) in [6.07, 6.45) is 0. The minimum Gasteiger partial charge on any atom is -0.494 e. The Morgan fingerprint density at radius 1 is 1.28 bits per heavy atom. The fourth-order valence-electron chi connectivity index (χ4n) is 2.40. The van der Waals surface area contributed by atoms with Crippen LogP contribution in [0.25, 0.3) is 0 Å². The van der Waals surface area contributed by atoms with Gasteiger partial charge >= 0.3 is 0 Å². The van der Waals surface area contributed by atoms with Crippen LogP contribution in [-0.4, -0.2) is 25.6 Å². The summed E-state index contributed by atoms with van der Waals surface area (Å²) in [5.74, 6) is 0.229. The van der Waals surface area contributed by atoms with Gasteiger partial charge in [0.15, 0.2) is 6.04 Å². The number of rotatable bonds is 7. The molecule has 0 aliphatic carbocycles. The van der Waals surface area contributed by atoms with Gasteiger partial charge < -0.3 is 15.0 Å². The van der Waals surface area contributed by atoms with Gasteiger partial charge in [-0.2, -0.15) is 0 Å². The van der Waals surface area contributed by atoms with Gasteiger partial charge in [0.05, 0.1) is 24.4 Å². The fourth-order valence-corrected chi connectivity index (χ4v) is 2.62. The molecular weight excluding hydrogens is 343 g/mol. The van der Waals surface area contributed by atoms with Crippen molar-refractivity contribution in [3.63, 3.8) is 0 Å². The van der Waals surface area contributed by atoms with Gasteiger partial charge in [-0.25, -0.2) is 4.39 Å². The Labute approximate surface area is 152 Å². The van der Waals surface area contributed by atoms with E-state index in [2.05, 4.69) is 5.32 Å². The third-order valence-electron chi connectivity index (χ3n) is 4.04. The maximum atomic E-state index is 13.1. The van der Waals surface area contributed by atoms with Gasteiger partial charge in [-0.3, -0.25) is 4.79 Å². The van der Waals surface area contributed by atoms with E-state index in [0.29, 0.717) is 18.8 Å². The van der Waals surface area contributed by atoms with E-state index in [-0.39, 0.29) is 17.0 Å². The first-order valence-electron chi connectivity index (χ1n) is 8.20. The van der Waals surface area contributed by atoms with Crippen molar-refractivity contribution in [2.24, 2.45) is 0 Å². The topological polar surface area (TPSA) is 42.8 Å². The van der Waals surface area contributed by atoms with E-state index >= 15 is 0 Å². The van der Waals surface area contributed by atoms with Crippen LogP contribution in [0.3, 0.4) is 0 Å². The SMILES string of the molecule is CCOc1ccc(C[NH+](C)[C@H](C)C(=O)Nc2ccc(F)cc2Cl)cc1. The molecule has 0 aromatic heterocycles. The molecule has 1 amide bonds. The summed E-state index contributed by atoms with van der Waals surface area (Å²) in [4.78, 5) is 13.4. The van der Waals surface area contributed by atoms with Crippen LogP contribution >= 0.6 is 11.6 Å².